The molecule has 0 atom stereocenters. The number of para-hydroxylation sites is 1. The molecule has 1 aliphatic rings. The van der Waals surface area contributed by atoms with Crippen LogP contribution in [-0.2, 0) is 6.54 Å². The first-order valence-corrected chi connectivity index (χ1v) is 9.26. The number of nitrogens with zero attached hydrogens (tertiary/aromatic N) is 1. The van der Waals surface area contributed by atoms with E-state index in [0.717, 1.165) is 31.5 Å². The highest BCUT2D eigenvalue weighted by molar-refractivity contribution is 5.97. The Morgan fingerprint density at radius 2 is 1.79 bits per heavy atom. The summed E-state index contributed by atoms with van der Waals surface area (Å²) in [5, 5.41) is 5.79. The monoisotopic (exact) mass is 383 g/mol. The van der Waals surface area contributed by atoms with E-state index in [1.165, 1.54) is 14.2 Å². The molecule has 148 valence electrons. The average molecular weight is 383 g/mol. The number of carbonyl (C=O) groups is 2. The van der Waals surface area contributed by atoms with Crippen LogP contribution in [0.25, 0.3) is 0 Å². The number of benzene rings is 2. The Labute approximate surface area is 164 Å². The summed E-state index contributed by atoms with van der Waals surface area (Å²) >= 11 is 0. The molecule has 0 radical (unpaired) electrons. The number of rotatable bonds is 6. The second-order valence-corrected chi connectivity index (χ2v) is 6.55. The number of hydrogen-bond donors (Lipinski definition) is 2. The van der Waals surface area contributed by atoms with Gasteiger partial charge in [-0.15, -0.1) is 0 Å². The zero-order valence-corrected chi connectivity index (χ0v) is 16.2. The SMILES string of the molecule is COc1cccc(C(=O)NCc2cccc(NC(=O)N3CCCC3)c2)c1OC. The Balaban J connectivity index is 1.63. The van der Waals surface area contributed by atoms with Crippen molar-refractivity contribution >= 4 is 17.6 Å². The smallest absolute Gasteiger partial charge is 0.321 e. The average Bonchev–Trinajstić information content (AvgIpc) is 3.26. The van der Waals surface area contributed by atoms with Gasteiger partial charge in [0.05, 0.1) is 19.8 Å². The van der Waals surface area contributed by atoms with Crippen molar-refractivity contribution < 1.29 is 19.1 Å². The number of methoxy groups -OCH3 is 2. The van der Waals surface area contributed by atoms with Gasteiger partial charge in [-0.25, -0.2) is 4.79 Å². The summed E-state index contributed by atoms with van der Waals surface area (Å²) in [6.07, 6.45) is 2.10. The Bertz CT molecular complexity index is 847. The van der Waals surface area contributed by atoms with Crippen molar-refractivity contribution in [3.8, 4) is 11.5 Å². The summed E-state index contributed by atoms with van der Waals surface area (Å²) in [6, 6.07) is 12.5. The molecule has 0 spiro atoms. The van der Waals surface area contributed by atoms with E-state index >= 15 is 0 Å². The van der Waals surface area contributed by atoms with Crippen LogP contribution in [0.4, 0.5) is 10.5 Å². The van der Waals surface area contributed by atoms with Crippen molar-refractivity contribution in [3.05, 3.63) is 53.6 Å². The summed E-state index contributed by atoms with van der Waals surface area (Å²) in [5.41, 5.74) is 2.00. The van der Waals surface area contributed by atoms with Gasteiger partial charge in [-0.2, -0.15) is 0 Å². The van der Waals surface area contributed by atoms with Crippen LogP contribution in [0.2, 0.25) is 0 Å². The van der Waals surface area contributed by atoms with Crippen LogP contribution in [0, 0.1) is 0 Å². The topological polar surface area (TPSA) is 79.9 Å². The van der Waals surface area contributed by atoms with Crippen LogP contribution in [0.5, 0.6) is 11.5 Å². The molecule has 2 N–H and O–H groups in total. The lowest BCUT2D eigenvalue weighted by Crippen LogP contribution is -2.32. The van der Waals surface area contributed by atoms with Gasteiger partial charge in [0.25, 0.3) is 5.91 Å². The van der Waals surface area contributed by atoms with Crippen molar-refractivity contribution in [1.29, 1.82) is 0 Å². The summed E-state index contributed by atoms with van der Waals surface area (Å²) in [7, 11) is 3.03. The molecular weight excluding hydrogens is 358 g/mol. The lowest BCUT2D eigenvalue weighted by Gasteiger charge is -2.16. The van der Waals surface area contributed by atoms with E-state index in [4.69, 9.17) is 9.47 Å². The largest absolute Gasteiger partial charge is 0.493 e. The highest BCUT2D eigenvalue weighted by Crippen LogP contribution is 2.30. The molecule has 1 aliphatic heterocycles. The first kappa shape index (κ1) is 19.5. The van der Waals surface area contributed by atoms with Gasteiger partial charge < -0.3 is 25.0 Å². The molecule has 0 aromatic heterocycles. The molecule has 7 nitrogen and oxygen atoms in total. The van der Waals surface area contributed by atoms with E-state index in [1.54, 1.807) is 18.2 Å². The third-order valence-electron chi connectivity index (χ3n) is 4.67. The zero-order valence-electron chi connectivity index (χ0n) is 16.2. The number of likely N-dealkylation sites (tertiary alicyclic amines) is 1. The fourth-order valence-corrected chi connectivity index (χ4v) is 3.23. The van der Waals surface area contributed by atoms with E-state index in [0.29, 0.717) is 29.3 Å². The van der Waals surface area contributed by atoms with Crippen molar-refractivity contribution in [1.82, 2.24) is 10.2 Å². The van der Waals surface area contributed by atoms with Gasteiger partial charge >= 0.3 is 6.03 Å². The molecule has 28 heavy (non-hydrogen) atoms. The van der Waals surface area contributed by atoms with E-state index in [-0.39, 0.29) is 11.9 Å². The van der Waals surface area contributed by atoms with Gasteiger partial charge in [0, 0.05) is 25.3 Å². The van der Waals surface area contributed by atoms with Gasteiger partial charge in [0.2, 0.25) is 0 Å². The summed E-state index contributed by atoms with van der Waals surface area (Å²) in [5.74, 6) is 0.637. The van der Waals surface area contributed by atoms with Crippen molar-refractivity contribution in [2.75, 3.05) is 32.6 Å². The molecule has 3 amide bonds. The van der Waals surface area contributed by atoms with Crippen LogP contribution >= 0.6 is 0 Å². The van der Waals surface area contributed by atoms with E-state index in [1.807, 2.05) is 29.2 Å². The quantitative estimate of drug-likeness (QED) is 0.802. The van der Waals surface area contributed by atoms with Gasteiger partial charge in [-0.3, -0.25) is 4.79 Å². The first-order chi connectivity index (χ1) is 13.6. The van der Waals surface area contributed by atoms with Crippen LogP contribution in [0.3, 0.4) is 0 Å². The van der Waals surface area contributed by atoms with Gasteiger partial charge in [0.1, 0.15) is 0 Å². The predicted octanol–water partition coefficient (Wildman–Crippen LogP) is 3.26. The number of ether oxygens (including phenoxy) is 2. The van der Waals surface area contributed by atoms with Crippen LogP contribution < -0.4 is 20.1 Å². The summed E-state index contributed by atoms with van der Waals surface area (Å²) < 4.78 is 10.5. The minimum Gasteiger partial charge on any atom is -0.493 e. The highest BCUT2D eigenvalue weighted by atomic mass is 16.5. The van der Waals surface area contributed by atoms with Crippen LogP contribution in [0.1, 0.15) is 28.8 Å². The minimum absolute atomic E-state index is 0.0835. The number of carbonyl (C=O) groups excluding carboxylic acids is 2. The second-order valence-electron chi connectivity index (χ2n) is 6.55. The summed E-state index contributed by atoms with van der Waals surface area (Å²) in [4.78, 5) is 26.6. The number of hydrogen-bond acceptors (Lipinski definition) is 4. The third kappa shape index (κ3) is 4.54. The third-order valence-corrected chi connectivity index (χ3v) is 4.67. The molecule has 0 bridgehead atoms. The molecule has 1 heterocycles. The molecule has 1 saturated heterocycles. The number of nitrogens with one attached hydrogen (secondary N) is 2. The maximum absolute atomic E-state index is 12.6. The Hall–Kier alpha value is -3.22. The molecule has 0 aliphatic carbocycles. The first-order valence-electron chi connectivity index (χ1n) is 9.26. The van der Waals surface area contributed by atoms with Crippen molar-refractivity contribution in [3.63, 3.8) is 0 Å². The Morgan fingerprint density at radius 1 is 1.04 bits per heavy atom. The predicted molar refractivity (Wildman–Crippen MR) is 107 cm³/mol. The van der Waals surface area contributed by atoms with Gasteiger partial charge in [0.15, 0.2) is 11.5 Å². The minimum atomic E-state index is -0.262. The fourth-order valence-electron chi connectivity index (χ4n) is 3.23. The molecule has 3 rings (SSSR count). The Kier molecular flexibility index (Phi) is 6.37. The van der Waals surface area contributed by atoms with E-state index in [2.05, 4.69) is 10.6 Å². The van der Waals surface area contributed by atoms with Crippen LogP contribution in [0.15, 0.2) is 42.5 Å². The van der Waals surface area contributed by atoms with E-state index in [9.17, 15) is 9.59 Å². The molecule has 2 aromatic carbocycles. The van der Waals surface area contributed by atoms with Crippen molar-refractivity contribution in [2.45, 2.75) is 19.4 Å². The summed E-state index contributed by atoms with van der Waals surface area (Å²) in [6.45, 7) is 1.92. The van der Waals surface area contributed by atoms with E-state index < -0.39 is 0 Å². The standard InChI is InChI=1S/C21H25N3O4/c1-27-18-10-6-9-17(19(18)28-2)20(25)22-14-15-7-5-8-16(13-15)23-21(26)24-11-3-4-12-24/h5-10,13H,3-4,11-12,14H2,1-2H3,(H,22,25)(H,23,26). The maximum atomic E-state index is 12.6. The number of anilines is 1. The fraction of sp³-hybridized carbons (Fsp3) is 0.333. The molecule has 0 unspecified atom stereocenters. The molecule has 0 saturated carbocycles. The zero-order chi connectivity index (χ0) is 19.9. The van der Waals surface area contributed by atoms with Crippen LogP contribution in [-0.4, -0.2) is 44.1 Å². The Morgan fingerprint density at radius 3 is 2.50 bits per heavy atom. The molecule has 2 aromatic rings. The highest BCUT2D eigenvalue weighted by Gasteiger charge is 2.18. The lowest BCUT2D eigenvalue weighted by molar-refractivity contribution is 0.0947. The number of amides is 3. The lowest BCUT2D eigenvalue weighted by atomic mass is 10.1. The second kappa shape index (κ2) is 9.12. The van der Waals surface area contributed by atoms with Gasteiger partial charge in [-0.05, 0) is 42.7 Å². The normalized spacial score (nSPS) is 13.1. The molecule has 7 heteroatoms. The molecule has 1 fully saturated rings. The van der Waals surface area contributed by atoms with Gasteiger partial charge in [-0.1, -0.05) is 18.2 Å². The van der Waals surface area contributed by atoms with Crippen molar-refractivity contribution in [2.24, 2.45) is 0 Å². The molecular formula is C21H25N3O4. The number of urea groups is 1. The maximum Gasteiger partial charge on any atom is 0.321 e.